The molecule has 0 aliphatic rings. The molecule has 0 saturated carbocycles. The topological polar surface area (TPSA) is 59.5 Å². The van der Waals surface area contributed by atoms with E-state index in [1.54, 1.807) is 28.7 Å². The van der Waals surface area contributed by atoms with Crippen LogP contribution in [0.1, 0.15) is 18.0 Å². The molecular formula is C21H20N2O3S2. The molecule has 0 fully saturated rings. The van der Waals surface area contributed by atoms with Gasteiger partial charge in [-0.25, -0.2) is 9.78 Å². The van der Waals surface area contributed by atoms with Crippen molar-refractivity contribution >= 4 is 45.2 Å². The number of para-hydroxylation sites is 1. The minimum Gasteiger partial charge on any atom is -0.452 e. The molecule has 144 valence electrons. The van der Waals surface area contributed by atoms with Crippen molar-refractivity contribution in [3.8, 4) is 0 Å². The van der Waals surface area contributed by atoms with E-state index in [9.17, 15) is 9.59 Å². The van der Waals surface area contributed by atoms with Crippen LogP contribution < -0.4 is 0 Å². The number of aromatic nitrogens is 1. The molecule has 0 spiro atoms. The average Bonchev–Trinajstić information content (AvgIpc) is 3.16. The zero-order chi connectivity index (χ0) is 19.9. The maximum absolute atomic E-state index is 12.4. The smallest absolute Gasteiger partial charge is 0.331 e. The number of fused-ring (bicyclic) bond motifs is 1. The van der Waals surface area contributed by atoms with Crippen LogP contribution in [-0.4, -0.2) is 35.4 Å². The second kappa shape index (κ2) is 9.52. The normalized spacial score (nSPS) is 12.2. The second-order valence-electron chi connectivity index (χ2n) is 6.04. The second-order valence-corrected chi connectivity index (χ2v) is 8.08. The summed E-state index contributed by atoms with van der Waals surface area (Å²) in [5.41, 5.74) is 0.919. The maximum atomic E-state index is 12.4. The molecule has 1 amide bonds. The Morgan fingerprint density at radius 3 is 2.64 bits per heavy atom. The van der Waals surface area contributed by atoms with Crippen LogP contribution in [0.5, 0.6) is 0 Å². The first-order chi connectivity index (χ1) is 13.5. The molecule has 2 aromatic carbocycles. The lowest BCUT2D eigenvalue weighted by Crippen LogP contribution is -2.33. The van der Waals surface area contributed by atoms with Gasteiger partial charge < -0.3 is 9.64 Å². The number of ether oxygens (including phenoxy) is 1. The van der Waals surface area contributed by atoms with Crippen LogP contribution in [0.15, 0.2) is 71.0 Å². The summed E-state index contributed by atoms with van der Waals surface area (Å²) in [6, 6.07) is 17.3. The fraction of sp³-hybridized carbons (Fsp3) is 0.190. The third kappa shape index (κ3) is 5.21. The van der Waals surface area contributed by atoms with E-state index in [1.807, 2.05) is 61.5 Å². The Hall–Kier alpha value is -2.64. The molecule has 3 rings (SSSR count). The number of esters is 1. The summed E-state index contributed by atoms with van der Waals surface area (Å²) in [5.74, 6) is -0.818. The standard InChI is InChI=1S/C21H20N2O3S2/c1-15(21-22-17-10-6-7-11-18(17)28-21)23(2)19(24)14-26-20(25)12-13-27-16-8-4-3-5-9-16/h3-13,15H,14H2,1-2H3/b13-12+/t15-/m0/s1. The number of carbonyl (C=O) groups excluding carboxylic acids is 2. The number of likely N-dealkylation sites (N-methyl/N-ethyl adjacent to an activating group) is 1. The van der Waals surface area contributed by atoms with Crippen molar-refractivity contribution in [3.05, 3.63) is 71.1 Å². The number of rotatable bonds is 7. The van der Waals surface area contributed by atoms with Gasteiger partial charge in [-0.2, -0.15) is 0 Å². The molecule has 1 heterocycles. The first kappa shape index (κ1) is 20.1. The van der Waals surface area contributed by atoms with Crippen LogP contribution in [0.2, 0.25) is 0 Å². The Balaban J connectivity index is 1.50. The molecule has 5 nitrogen and oxygen atoms in total. The van der Waals surface area contributed by atoms with Crippen molar-refractivity contribution in [1.29, 1.82) is 0 Å². The molecule has 7 heteroatoms. The van der Waals surface area contributed by atoms with E-state index in [-0.39, 0.29) is 18.6 Å². The summed E-state index contributed by atoms with van der Waals surface area (Å²) in [4.78, 5) is 31.3. The van der Waals surface area contributed by atoms with Gasteiger partial charge in [-0.05, 0) is 36.6 Å². The number of amides is 1. The number of thioether (sulfide) groups is 1. The lowest BCUT2D eigenvalue weighted by molar-refractivity contribution is -0.148. The van der Waals surface area contributed by atoms with Crippen LogP contribution in [-0.2, 0) is 14.3 Å². The summed E-state index contributed by atoms with van der Waals surface area (Å²) >= 11 is 2.97. The Bertz CT molecular complexity index is 952. The van der Waals surface area contributed by atoms with E-state index in [1.165, 1.54) is 17.8 Å². The van der Waals surface area contributed by atoms with Crippen LogP contribution in [0.3, 0.4) is 0 Å². The average molecular weight is 413 g/mol. The van der Waals surface area contributed by atoms with Crippen LogP contribution in [0, 0.1) is 0 Å². The van der Waals surface area contributed by atoms with Gasteiger partial charge >= 0.3 is 5.97 Å². The monoisotopic (exact) mass is 412 g/mol. The highest BCUT2D eigenvalue weighted by Gasteiger charge is 2.21. The Labute approximate surface area is 172 Å². The third-order valence-corrected chi connectivity index (χ3v) is 6.15. The van der Waals surface area contributed by atoms with Crippen molar-refractivity contribution in [2.24, 2.45) is 0 Å². The van der Waals surface area contributed by atoms with Crippen molar-refractivity contribution in [2.45, 2.75) is 17.9 Å². The van der Waals surface area contributed by atoms with Gasteiger partial charge in [-0.1, -0.05) is 42.1 Å². The number of hydrogen-bond donors (Lipinski definition) is 0. The minimum atomic E-state index is -0.544. The van der Waals surface area contributed by atoms with Gasteiger partial charge in [0.15, 0.2) is 6.61 Å². The lowest BCUT2D eigenvalue weighted by Gasteiger charge is -2.22. The third-order valence-electron chi connectivity index (χ3n) is 4.13. The SMILES string of the molecule is C[C@@H](c1nc2ccccc2s1)N(C)C(=O)COC(=O)/C=C/Sc1ccccc1. The fourth-order valence-corrected chi connectivity index (χ4v) is 4.11. The first-order valence-corrected chi connectivity index (χ1v) is 10.4. The molecule has 0 bridgehead atoms. The summed E-state index contributed by atoms with van der Waals surface area (Å²) in [6.07, 6.45) is 1.32. The largest absolute Gasteiger partial charge is 0.452 e. The molecule has 28 heavy (non-hydrogen) atoms. The van der Waals surface area contributed by atoms with Gasteiger partial charge in [0.05, 0.1) is 16.3 Å². The van der Waals surface area contributed by atoms with Crippen molar-refractivity contribution in [3.63, 3.8) is 0 Å². The zero-order valence-corrected chi connectivity index (χ0v) is 17.2. The highest BCUT2D eigenvalue weighted by Crippen LogP contribution is 2.28. The summed E-state index contributed by atoms with van der Waals surface area (Å²) in [5, 5.41) is 2.50. The summed E-state index contributed by atoms with van der Waals surface area (Å²) in [6.45, 7) is 1.61. The molecule has 3 aromatic rings. The van der Waals surface area contributed by atoms with Crippen molar-refractivity contribution in [2.75, 3.05) is 13.7 Å². The van der Waals surface area contributed by atoms with E-state index < -0.39 is 5.97 Å². The van der Waals surface area contributed by atoms with Crippen LogP contribution in [0.25, 0.3) is 10.2 Å². The highest BCUT2D eigenvalue weighted by molar-refractivity contribution is 8.02. The van der Waals surface area contributed by atoms with Gasteiger partial charge in [0.1, 0.15) is 5.01 Å². The molecular weight excluding hydrogens is 392 g/mol. The number of carbonyl (C=O) groups is 2. The highest BCUT2D eigenvalue weighted by atomic mass is 32.2. The van der Waals surface area contributed by atoms with Gasteiger partial charge in [-0.3, -0.25) is 4.79 Å². The van der Waals surface area contributed by atoms with Crippen LogP contribution in [0.4, 0.5) is 0 Å². The molecule has 1 aromatic heterocycles. The molecule has 1 atom stereocenters. The maximum Gasteiger partial charge on any atom is 0.331 e. The molecule has 0 aliphatic carbocycles. The van der Waals surface area contributed by atoms with Gasteiger partial charge in [-0.15, -0.1) is 11.3 Å². The molecule has 0 unspecified atom stereocenters. The molecule has 0 radical (unpaired) electrons. The molecule has 0 aliphatic heterocycles. The van der Waals surface area contributed by atoms with E-state index in [2.05, 4.69) is 4.98 Å². The number of thiazole rings is 1. The van der Waals surface area contributed by atoms with Gasteiger partial charge in [0.2, 0.25) is 0 Å². The number of nitrogens with zero attached hydrogens (tertiary/aromatic N) is 2. The Morgan fingerprint density at radius 2 is 1.89 bits per heavy atom. The molecule has 0 saturated heterocycles. The molecule has 0 N–H and O–H groups in total. The van der Waals surface area contributed by atoms with E-state index in [0.717, 1.165) is 20.1 Å². The predicted octanol–water partition coefficient (Wildman–Crippen LogP) is 4.66. The number of hydrogen-bond acceptors (Lipinski definition) is 6. The predicted molar refractivity (Wildman–Crippen MR) is 113 cm³/mol. The quantitative estimate of drug-likeness (QED) is 0.321. The van der Waals surface area contributed by atoms with E-state index in [0.29, 0.717) is 0 Å². The van der Waals surface area contributed by atoms with Gasteiger partial charge in [0.25, 0.3) is 5.91 Å². The summed E-state index contributed by atoms with van der Waals surface area (Å²) in [7, 11) is 1.69. The Morgan fingerprint density at radius 1 is 1.18 bits per heavy atom. The first-order valence-electron chi connectivity index (χ1n) is 8.70. The van der Waals surface area contributed by atoms with E-state index in [4.69, 9.17) is 4.74 Å². The van der Waals surface area contributed by atoms with E-state index >= 15 is 0 Å². The summed E-state index contributed by atoms with van der Waals surface area (Å²) < 4.78 is 6.14. The lowest BCUT2D eigenvalue weighted by atomic mass is 10.3. The van der Waals surface area contributed by atoms with Crippen molar-refractivity contribution < 1.29 is 14.3 Å². The minimum absolute atomic E-state index is 0.201. The van der Waals surface area contributed by atoms with Crippen molar-refractivity contribution in [1.82, 2.24) is 9.88 Å². The zero-order valence-electron chi connectivity index (χ0n) is 15.6. The number of benzene rings is 2. The fourth-order valence-electron chi connectivity index (χ4n) is 2.40. The Kier molecular flexibility index (Phi) is 6.84. The van der Waals surface area contributed by atoms with Gasteiger partial charge in [0, 0.05) is 18.0 Å². The van der Waals surface area contributed by atoms with Crippen LogP contribution >= 0.6 is 23.1 Å².